The number of aliphatic hydroxyl groups excluding tert-OH is 1. The first-order chi connectivity index (χ1) is 10.2. The van der Waals surface area contributed by atoms with E-state index in [0.29, 0.717) is 16.7 Å². The second kappa shape index (κ2) is 6.02. The van der Waals surface area contributed by atoms with Crippen LogP contribution in [0.4, 0.5) is 0 Å². The summed E-state index contributed by atoms with van der Waals surface area (Å²) < 4.78 is 6.64. The minimum absolute atomic E-state index is 0.0571. The van der Waals surface area contributed by atoms with Crippen LogP contribution in [0.2, 0.25) is 5.02 Å². The minimum Gasteiger partial charge on any atom is -0.437 e. The summed E-state index contributed by atoms with van der Waals surface area (Å²) in [6.45, 7) is -0.0571. The van der Waals surface area contributed by atoms with Gasteiger partial charge in [-0.25, -0.2) is 4.98 Å². The van der Waals surface area contributed by atoms with Crippen molar-refractivity contribution in [2.75, 3.05) is 0 Å². The Balaban J connectivity index is 2.09. The second-order valence-electron chi connectivity index (χ2n) is 4.47. The highest BCUT2D eigenvalue weighted by molar-refractivity contribution is 9.10. The van der Waals surface area contributed by atoms with Crippen LogP contribution in [-0.4, -0.2) is 10.1 Å². The Morgan fingerprint density at radius 2 is 1.90 bits per heavy atom. The van der Waals surface area contributed by atoms with Gasteiger partial charge in [-0.1, -0.05) is 29.8 Å². The molecule has 106 valence electrons. The fourth-order valence-corrected chi connectivity index (χ4v) is 2.86. The summed E-state index contributed by atoms with van der Waals surface area (Å²) in [6, 6.07) is 13.0. The van der Waals surface area contributed by atoms with Crippen molar-refractivity contribution in [3.05, 3.63) is 63.7 Å². The Labute approximate surface area is 135 Å². The van der Waals surface area contributed by atoms with Gasteiger partial charge in [-0.2, -0.15) is 0 Å². The van der Waals surface area contributed by atoms with Crippen molar-refractivity contribution in [3.8, 4) is 11.6 Å². The number of aliphatic hydroxyl groups is 1. The maximum Gasteiger partial charge on any atom is 0.227 e. The Hall–Kier alpha value is -1.62. The number of rotatable bonds is 3. The number of halogens is 2. The van der Waals surface area contributed by atoms with Crippen molar-refractivity contribution in [1.82, 2.24) is 4.98 Å². The lowest BCUT2D eigenvalue weighted by Gasteiger charge is -2.11. The normalized spacial score (nSPS) is 10.8. The summed E-state index contributed by atoms with van der Waals surface area (Å²) in [5.41, 5.74) is 0.771. The van der Waals surface area contributed by atoms with Crippen LogP contribution in [0, 0.1) is 0 Å². The number of hydrogen-bond donors (Lipinski definition) is 1. The van der Waals surface area contributed by atoms with E-state index in [4.69, 9.17) is 16.3 Å². The van der Waals surface area contributed by atoms with Gasteiger partial charge in [0, 0.05) is 22.2 Å². The third-order valence-electron chi connectivity index (χ3n) is 3.11. The molecule has 0 fully saturated rings. The molecule has 5 heteroatoms. The van der Waals surface area contributed by atoms with E-state index in [1.165, 1.54) is 0 Å². The number of fused-ring (bicyclic) bond motifs is 1. The van der Waals surface area contributed by atoms with Gasteiger partial charge in [0.05, 0.1) is 11.1 Å². The number of ether oxygens (including phenoxy) is 1. The minimum atomic E-state index is -0.0571. The van der Waals surface area contributed by atoms with Crippen LogP contribution >= 0.6 is 27.5 Å². The molecule has 3 aromatic rings. The lowest BCUT2D eigenvalue weighted by atomic mass is 10.1. The summed E-state index contributed by atoms with van der Waals surface area (Å²) >= 11 is 9.35. The first-order valence-corrected chi connectivity index (χ1v) is 7.46. The van der Waals surface area contributed by atoms with E-state index in [1.54, 1.807) is 24.4 Å². The maximum atomic E-state index is 9.39. The molecule has 0 aliphatic heterocycles. The summed E-state index contributed by atoms with van der Waals surface area (Å²) in [4.78, 5) is 4.30. The Bertz CT molecular complexity index is 807. The molecule has 0 atom stereocenters. The zero-order chi connectivity index (χ0) is 14.8. The molecular formula is C16H11BrClNO2. The number of hydrogen-bond acceptors (Lipinski definition) is 3. The molecule has 3 nitrogen and oxygen atoms in total. The van der Waals surface area contributed by atoms with Crippen LogP contribution in [0.15, 0.2) is 53.1 Å². The Kier molecular flexibility index (Phi) is 4.10. The highest BCUT2D eigenvalue weighted by atomic mass is 79.9. The first kappa shape index (κ1) is 14.3. The van der Waals surface area contributed by atoms with Gasteiger partial charge in [-0.15, -0.1) is 0 Å². The van der Waals surface area contributed by atoms with E-state index >= 15 is 0 Å². The number of pyridine rings is 1. The largest absolute Gasteiger partial charge is 0.437 e. The quantitative estimate of drug-likeness (QED) is 0.716. The van der Waals surface area contributed by atoms with Gasteiger partial charge in [0.2, 0.25) is 5.88 Å². The van der Waals surface area contributed by atoms with Gasteiger partial charge in [0.15, 0.2) is 0 Å². The predicted molar refractivity (Wildman–Crippen MR) is 86.9 cm³/mol. The van der Waals surface area contributed by atoms with Gasteiger partial charge in [-0.3, -0.25) is 0 Å². The smallest absolute Gasteiger partial charge is 0.227 e. The molecule has 1 N–H and O–H groups in total. The summed E-state index contributed by atoms with van der Waals surface area (Å²) in [5.74, 6) is 1.12. The summed E-state index contributed by atoms with van der Waals surface area (Å²) in [7, 11) is 0. The molecule has 0 aliphatic rings. The van der Waals surface area contributed by atoms with Crippen LogP contribution < -0.4 is 4.74 Å². The lowest BCUT2D eigenvalue weighted by Crippen LogP contribution is -1.94. The standard InChI is InChI=1S/C16H11BrClNO2/c17-14-7-11(18)5-6-15(14)21-16-13-4-2-1-3-12(13)10(9-20)8-19-16/h1-8,20H,9H2. The zero-order valence-corrected chi connectivity index (χ0v) is 13.2. The molecule has 0 bridgehead atoms. The molecular weight excluding hydrogens is 354 g/mol. The Morgan fingerprint density at radius 1 is 1.14 bits per heavy atom. The van der Waals surface area contributed by atoms with Crippen molar-refractivity contribution < 1.29 is 9.84 Å². The van der Waals surface area contributed by atoms with Gasteiger partial charge < -0.3 is 9.84 Å². The molecule has 21 heavy (non-hydrogen) atoms. The third kappa shape index (κ3) is 2.88. The van der Waals surface area contributed by atoms with Gasteiger partial charge >= 0.3 is 0 Å². The first-order valence-electron chi connectivity index (χ1n) is 6.29. The highest BCUT2D eigenvalue weighted by Gasteiger charge is 2.10. The fourth-order valence-electron chi connectivity index (χ4n) is 2.09. The van der Waals surface area contributed by atoms with E-state index in [9.17, 15) is 5.11 Å². The lowest BCUT2D eigenvalue weighted by molar-refractivity contribution is 0.282. The monoisotopic (exact) mass is 363 g/mol. The zero-order valence-electron chi connectivity index (χ0n) is 10.9. The second-order valence-corrected chi connectivity index (χ2v) is 5.76. The molecule has 0 saturated heterocycles. The third-order valence-corrected chi connectivity index (χ3v) is 3.97. The molecule has 0 unspecified atom stereocenters. The summed E-state index contributed by atoms with van der Waals surface area (Å²) in [6.07, 6.45) is 1.63. The summed E-state index contributed by atoms with van der Waals surface area (Å²) in [5, 5.41) is 11.8. The molecule has 3 rings (SSSR count). The molecule has 0 radical (unpaired) electrons. The molecule has 0 saturated carbocycles. The molecule has 2 aromatic carbocycles. The van der Waals surface area contributed by atoms with Crippen LogP contribution in [0.3, 0.4) is 0 Å². The van der Waals surface area contributed by atoms with Crippen molar-refractivity contribution in [1.29, 1.82) is 0 Å². The van der Waals surface area contributed by atoms with Crippen LogP contribution in [0.5, 0.6) is 11.6 Å². The van der Waals surface area contributed by atoms with Crippen molar-refractivity contribution in [2.45, 2.75) is 6.61 Å². The molecule has 0 amide bonds. The average molecular weight is 365 g/mol. The van der Waals surface area contributed by atoms with E-state index in [1.807, 2.05) is 24.3 Å². The fraction of sp³-hybridized carbons (Fsp3) is 0.0625. The van der Waals surface area contributed by atoms with Crippen LogP contribution in [-0.2, 0) is 6.61 Å². The SMILES string of the molecule is OCc1cnc(Oc2ccc(Cl)cc2Br)c2ccccc12. The predicted octanol–water partition coefficient (Wildman–Crippen LogP) is 4.94. The van der Waals surface area contributed by atoms with E-state index in [-0.39, 0.29) is 6.61 Å². The topological polar surface area (TPSA) is 42.4 Å². The van der Waals surface area contributed by atoms with Crippen LogP contribution in [0.25, 0.3) is 10.8 Å². The van der Waals surface area contributed by atoms with Gasteiger partial charge in [0.25, 0.3) is 0 Å². The van der Waals surface area contributed by atoms with Crippen molar-refractivity contribution in [2.24, 2.45) is 0 Å². The molecule has 1 heterocycles. The number of aromatic nitrogens is 1. The Morgan fingerprint density at radius 3 is 2.62 bits per heavy atom. The number of benzene rings is 2. The van der Waals surface area contributed by atoms with Gasteiger partial charge in [-0.05, 0) is 45.6 Å². The van der Waals surface area contributed by atoms with E-state index in [2.05, 4.69) is 20.9 Å². The molecule has 0 spiro atoms. The highest BCUT2D eigenvalue weighted by Crippen LogP contribution is 2.34. The molecule has 1 aromatic heterocycles. The van der Waals surface area contributed by atoms with Crippen molar-refractivity contribution >= 4 is 38.3 Å². The number of nitrogens with zero attached hydrogens (tertiary/aromatic N) is 1. The average Bonchev–Trinajstić information content (AvgIpc) is 2.50. The van der Waals surface area contributed by atoms with Crippen LogP contribution in [0.1, 0.15) is 5.56 Å². The van der Waals surface area contributed by atoms with Crippen molar-refractivity contribution in [3.63, 3.8) is 0 Å². The van der Waals surface area contributed by atoms with Gasteiger partial charge in [0.1, 0.15) is 5.75 Å². The van der Waals surface area contributed by atoms with E-state index < -0.39 is 0 Å². The molecule has 0 aliphatic carbocycles. The van der Waals surface area contributed by atoms with E-state index in [0.717, 1.165) is 20.8 Å². The maximum absolute atomic E-state index is 9.39.